The Labute approximate surface area is 151 Å². The Hall–Kier alpha value is -2.38. The fourth-order valence-electron chi connectivity index (χ4n) is 4.39. The van der Waals surface area contributed by atoms with Gasteiger partial charge in [0.25, 0.3) is 0 Å². The maximum absolute atomic E-state index is 13.0. The number of H-pyrrole nitrogens is 1. The zero-order chi connectivity index (χ0) is 17.8. The fraction of sp³-hybridized carbons (Fsp3) is 0.667. The topological polar surface area (TPSA) is 88.8 Å². The van der Waals surface area contributed by atoms with Crippen LogP contribution in [0.25, 0.3) is 0 Å². The highest BCUT2D eigenvalue weighted by atomic mass is 16.2. The lowest BCUT2D eigenvalue weighted by Crippen LogP contribution is -2.36. The summed E-state index contributed by atoms with van der Waals surface area (Å²) in [7, 11) is 1.72. The Balaban J connectivity index is 1.39. The van der Waals surface area contributed by atoms with E-state index < -0.39 is 0 Å². The molecule has 5 rings (SSSR count). The number of aromatic amines is 1. The fourth-order valence-corrected chi connectivity index (χ4v) is 4.39. The smallest absolute Gasteiger partial charge is 0.331 e. The van der Waals surface area contributed by atoms with Crippen molar-refractivity contribution in [2.45, 2.75) is 50.6 Å². The molecule has 0 aromatic carbocycles. The third-order valence-corrected chi connectivity index (χ3v) is 6.17. The van der Waals surface area contributed by atoms with Crippen molar-refractivity contribution in [1.29, 1.82) is 0 Å². The van der Waals surface area contributed by atoms with Crippen LogP contribution in [-0.2, 0) is 18.4 Å². The lowest BCUT2D eigenvalue weighted by atomic mass is 9.94. The number of hydrogen-bond donors (Lipinski definition) is 1. The summed E-state index contributed by atoms with van der Waals surface area (Å²) in [6.07, 6.45) is 9.75. The number of rotatable bonds is 5. The van der Waals surface area contributed by atoms with E-state index in [1.54, 1.807) is 16.3 Å². The zero-order valence-electron chi connectivity index (χ0n) is 15.0. The number of nitrogens with one attached hydrogen (secondary N) is 1. The average molecular weight is 356 g/mol. The van der Waals surface area contributed by atoms with Gasteiger partial charge in [0.15, 0.2) is 5.82 Å². The van der Waals surface area contributed by atoms with Crippen LogP contribution >= 0.6 is 0 Å². The molecule has 26 heavy (non-hydrogen) atoms. The first kappa shape index (κ1) is 15.8. The van der Waals surface area contributed by atoms with Gasteiger partial charge in [-0.25, -0.2) is 9.89 Å². The van der Waals surface area contributed by atoms with Gasteiger partial charge in [-0.05, 0) is 55.4 Å². The van der Waals surface area contributed by atoms with Crippen LogP contribution in [0.1, 0.15) is 55.5 Å². The normalized spacial score (nSPS) is 25.8. The monoisotopic (exact) mass is 356 g/mol. The summed E-state index contributed by atoms with van der Waals surface area (Å²) in [5, 5.41) is 11.1. The first-order chi connectivity index (χ1) is 12.6. The second-order valence-electron chi connectivity index (χ2n) is 8.01. The first-order valence-corrected chi connectivity index (χ1v) is 9.55. The Morgan fingerprint density at radius 2 is 2.08 bits per heavy atom. The summed E-state index contributed by atoms with van der Waals surface area (Å²) < 4.78 is 3.30. The molecule has 3 aliphatic rings. The molecule has 3 fully saturated rings. The van der Waals surface area contributed by atoms with E-state index in [1.165, 1.54) is 31.2 Å². The zero-order valence-corrected chi connectivity index (χ0v) is 15.0. The lowest BCUT2D eigenvalue weighted by Gasteiger charge is -2.27. The largest absolute Gasteiger partial charge is 0.343 e. The van der Waals surface area contributed by atoms with E-state index in [9.17, 15) is 9.59 Å². The van der Waals surface area contributed by atoms with Gasteiger partial charge in [0, 0.05) is 19.8 Å². The molecular formula is C18H24N6O2. The van der Waals surface area contributed by atoms with Gasteiger partial charge in [-0.3, -0.25) is 14.0 Å². The molecule has 0 bridgehead atoms. The van der Waals surface area contributed by atoms with E-state index in [1.807, 2.05) is 17.3 Å². The molecule has 8 nitrogen and oxygen atoms in total. The van der Waals surface area contributed by atoms with Gasteiger partial charge < -0.3 is 4.90 Å². The van der Waals surface area contributed by atoms with Crippen molar-refractivity contribution in [3.63, 3.8) is 0 Å². The van der Waals surface area contributed by atoms with Crippen molar-refractivity contribution in [1.82, 2.24) is 29.4 Å². The minimum atomic E-state index is -0.227. The van der Waals surface area contributed by atoms with Crippen LogP contribution in [0.3, 0.4) is 0 Å². The molecule has 2 saturated carbocycles. The number of nitrogens with zero attached hydrogens (tertiary/aromatic N) is 5. The van der Waals surface area contributed by atoms with E-state index in [0.29, 0.717) is 23.6 Å². The van der Waals surface area contributed by atoms with Gasteiger partial charge >= 0.3 is 5.69 Å². The van der Waals surface area contributed by atoms with Gasteiger partial charge in [0.1, 0.15) is 6.54 Å². The summed E-state index contributed by atoms with van der Waals surface area (Å²) in [4.78, 5) is 26.8. The molecule has 3 heterocycles. The van der Waals surface area contributed by atoms with E-state index >= 15 is 0 Å². The van der Waals surface area contributed by atoms with Crippen molar-refractivity contribution in [2.75, 3.05) is 6.54 Å². The second kappa shape index (κ2) is 5.82. The van der Waals surface area contributed by atoms with E-state index in [-0.39, 0.29) is 24.2 Å². The number of aromatic nitrogens is 5. The van der Waals surface area contributed by atoms with Crippen LogP contribution in [0, 0.1) is 11.8 Å². The summed E-state index contributed by atoms with van der Waals surface area (Å²) in [6.45, 7) is 0.974. The Kier molecular flexibility index (Phi) is 3.55. The Morgan fingerprint density at radius 1 is 1.27 bits per heavy atom. The number of carbonyl (C=O) groups is 1. The Morgan fingerprint density at radius 3 is 2.73 bits per heavy atom. The first-order valence-electron chi connectivity index (χ1n) is 9.55. The molecule has 2 atom stereocenters. The quantitative estimate of drug-likeness (QED) is 0.871. The molecule has 2 unspecified atom stereocenters. The van der Waals surface area contributed by atoms with E-state index in [4.69, 9.17) is 0 Å². The third kappa shape index (κ3) is 2.68. The second-order valence-corrected chi connectivity index (χ2v) is 8.01. The summed E-state index contributed by atoms with van der Waals surface area (Å²) >= 11 is 0. The van der Waals surface area contributed by atoms with Crippen LogP contribution in [0.5, 0.6) is 0 Å². The number of amides is 1. The molecule has 2 aromatic heterocycles. The number of carbonyl (C=O) groups excluding carboxylic acids is 1. The molecule has 1 saturated heterocycles. The molecule has 0 spiro atoms. The van der Waals surface area contributed by atoms with Crippen LogP contribution in [-0.4, -0.2) is 41.9 Å². The maximum Gasteiger partial charge on any atom is 0.343 e. The Bertz CT molecular complexity index is 888. The van der Waals surface area contributed by atoms with Crippen LogP contribution in [0.2, 0.25) is 0 Å². The van der Waals surface area contributed by atoms with Crippen molar-refractivity contribution < 1.29 is 4.79 Å². The van der Waals surface area contributed by atoms with Crippen LogP contribution in [0.4, 0.5) is 0 Å². The average Bonchev–Trinajstić information content (AvgIpc) is 3.54. The number of likely N-dealkylation sites (tertiary alicyclic amines) is 1. The minimum absolute atomic E-state index is 0.0547. The molecule has 2 aliphatic carbocycles. The van der Waals surface area contributed by atoms with Crippen LogP contribution in [0.15, 0.2) is 17.2 Å². The van der Waals surface area contributed by atoms with Gasteiger partial charge in [-0.1, -0.05) is 0 Å². The molecular weight excluding hydrogens is 332 g/mol. The van der Waals surface area contributed by atoms with Crippen molar-refractivity contribution in [2.24, 2.45) is 18.9 Å². The maximum atomic E-state index is 13.0. The van der Waals surface area contributed by atoms with Crippen molar-refractivity contribution in [3.05, 3.63) is 34.3 Å². The van der Waals surface area contributed by atoms with E-state index in [0.717, 1.165) is 13.0 Å². The molecule has 138 valence electrons. The minimum Gasteiger partial charge on any atom is -0.331 e. The molecule has 1 amide bonds. The SMILES string of the molecule is Cn1c(C2C(C3CC3)CCN2C(=O)Cn2cc(C3CC3)cn2)n[nH]c1=O. The molecule has 0 radical (unpaired) electrons. The van der Waals surface area contributed by atoms with Gasteiger partial charge in [-0.15, -0.1) is 0 Å². The standard InChI is InChI=1S/C18H24N6O2/c1-22-17(20-21-18(22)26)16-14(12-4-5-12)6-7-24(16)15(25)10-23-9-13(8-19-23)11-2-3-11/h8-9,11-12,14,16H,2-7,10H2,1H3,(H,21,26). The van der Waals surface area contributed by atoms with Gasteiger partial charge in [-0.2, -0.15) is 10.2 Å². The molecule has 1 aliphatic heterocycles. The summed E-state index contributed by atoms with van der Waals surface area (Å²) in [6, 6.07) is -0.114. The van der Waals surface area contributed by atoms with E-state index in [2.05, 4.69) is 15.3 Å². The molecule has 8 heteroatoms. The third-order valence-electron chi connectivity index (χ3n) is 6.17. The van der Waals surface area contributed by atoms with Crippen molar-refractivity contribution >= 4 is 5.91 Å². The molecule has 1 N–H and O–H groups in total. The highest BCUT2D eigenvalue weighted by molar-refractivity contribution is 5.76. The predicted octanol–water partition coefficient (Wildman–Crippen LogP) is 1.18. The highest BCUT2D eigenvalue weighted by Crippen LogP contribution is 2.49. The highest BCUT2D eigenvalue weighted by Gasteiger charge is 2.47. The number of hydrogen-bond acceptors (Lipinski definition) is 4. The summed E-state index contributed by atoms with van der Waals surface area (Å²) in [5.74, 6) is 2.41. The summed E-state index contributed by atoms with van der Waals surface area (Å²) in [5.41, 5.74) is 1.01. The van der Waals surface area contributed by atoms with Gasteiger partial charge in [0.05, 0.1) is 12.2 Å². The van der Waals surface area contributed by atoms with Crippen molar-refractivity contribution in [3.8, 4) is 0 Å². The van der Waals surface area contributed by atoms with Gasteiger partial charge in [0.2, 0.25) is 5.91 Å². The molecule has 2 aromatic rings. The predicted molar refractivity (Wildman–Crippen MR) is 93.3 cm³/mol. The van der Waals surface area contributed by atoms with Crippen LogP contribution < -0.4 is 5.69 Å². The lowest BCUT2D eigenvalue weighted by molar-refractivity contribution is -0.133.